The number of aromatic hydroxyl groups is 2. The van der Waals surface area contributed by atoms with E-state index in [0.717, 1.165) is 51.3 Å². The third kappa shape index (κ3) is 13.9. The van der Waals surface area contributed by atoms with Crippen LogP contribution in [0.4, 0.5) is 0 Å². The van der Waals surface area contributed by atoms with E-state index in [4.69, 9.17) is 21.0 Å². The van der Waals surface area contributed by atoms with Crippen LogP contribution in [0.2, 0.25) is 0 Å². The van der Waals surface area contributed by atoms with E-state index in [9.17, 15) is 19.8 Å². The van der Waals surface area contributed by atoms with Gasteiger partial charge in [-0.25, -0.2) is 0 Å². The topological polar surface area (TPSA) is 137 Å². The molecule has 54 heavy (non-hydrogen) atoms. The van der Waals surface area contributed by atoms with Crippen molar-refractivity contribution in [1.82, 2.24) is 10.6 Å². The third-order valence-corrected chi connectivity index (χ3v) is 10.8. The highest BCUT2D eigenvalue weighted by molar-refractivity contribution is 9.11. The van der Waals surface area contributed by atoms with Crippen LogP contribution in [-0.4, -0.2) is 60.0 Å². The second-order valence-electron chi connectivity index (χ2n) is 12.8. The number of hydrogen-bond donors (Lipinski definition) is 5. The van der Waals surface area contributed by atoms with Crippen molar-refractivity contribution in [2.24, 2.45) is 0 Å². The Hall–Kier alpha value is -3.54. The average molecular weight is 996 g/mol. The Morgan fingerprint density at radius 3 is 1.43 bits per heavy atom. The molecule has 0 aromatic heterocycles. The van der Waals surface area contributed by atoms with Crippen LogP contribution in [0.25, 0.3) is 0 Å². The van der Waals surface area contributed by atoms with Crippen molar-refractivity contribution >= 4 is 75.5 Å². The summed E-state index contributed by atoms with van der Waals surface area (Å²) in [6.45, 7) is 8.27. The Labute approximate surface area is 350 Å². The number of carbonyl (C=O) groups is 2. The molecule has 0 atom stereocenters. The van der Waals surface area contributed by atoms with E-state index in [2.05, 4.69) is 94.1 Å². The molecule has 0 bridgehead atoms. The Bertz CT molecular complexity index is 1910. The van der Waals surface area contributed by atoms with Gasteiger partial charge in [0.2, 0.25) is 0 Å². The van der Waals surface area contributed by atoms with Crippen molar-refractivity contribution in [2.45, 2.75) is 52.4 Å². The molecule has 4 aromatic carbocycles. The zero-order chi connectivity index (χ0) is 39.9. The van der Waals surface area contributed by atoms with Crippen molar-refractivity contribution in [3.63, 3.8) is 0 Å². The van der Waals surface area contributed by atoms with Gasteiger partial charge in [-0.1, -0.05) is 122 Å². The van der Waals surface area contributed by atoms with Crippen LogP contribution in [-0.2, 0) is 22.4 Å². The number of phenols is 2. The number of carbonyl (C=O) groups excluding carboxylic acids is 2. The number of amides is 2. The summed E-state index contributed by atoms with van der Waals surface area (Å²) in [7, 11) is 0. The minimum atomic E-state index is -0.286. The molecule has 13 heteroatoms. The SMILES string of the molecule is C#CCNC(=O)COc1cc(Br)c(Cc2ccc(O)c(C(C)C)c2)c(Br)c1.CC(C)c1cc(Cc2c(Br)cc(OCC(=O)NCCO)cc2Br)ccc1O. The maximum absolute atomic E-state index is 11.6. The second-order valence-corrected chi connectivity index (χ2v) is 16.2. The molecule has 0 heterocycles. The first-order valence-corrected chi connectivity index (χ1v) is 20.2. The predicted octanol–water partition coefficient (Wildman–Crippen LogP) is 8.88. The fraction of sp³-hybridized carbons (Fsp3) is 0.317. The highest BCUT2D eigenvalue weighted by Crippen LogP contribution is 2.36. The fourth-order valence-corrected chi connectivity index (χ4v) is 8.02. The lowest BCUT2D eigenvalue weighted by Crippen LogP contribution is -2.31. The largest absolute Gasteiger partial charge is 0.508 e. The number of nitrogens with one attached hydrogen (secondary N) is 2. The summed E-state index contributed by atoms with van der Waals surface area (Å²) in [5.41, 5.74) is 6.15. The minimum absolute atomic E-state index is 0.102. The van der Waals surface area contributed by atoms with Crippen LogP contribution in [0.1, 0.15) is 72.9 Å². The van der Waals surface area contributed by atoms with Crippen LogP contribution in [0.5, 0.6) is 23.0 Å². The Morgan fingerprint density at radius 1 is 0.685 bits per heavy atom. The van der Waals surface area contributed by atoms with Gasteiger partial charge < -0.3 is 35.4 Å². The molecule has 0 unspecified atom stereocenters. The predicted molar refractivity (Wildman–Crippen MR) is 227 cm³/mol. The van der Waals surface area contributed by atoms with Crippen LogP contribution in [0.3, 0.4) is 0 Å². The molecule has 0 saturated heterocycles. The highest BCUT2D eigenvalue weighted by atomic mass is 79.9. The molecular weight excluding hydrogens is 952 g/mol. The molecule has 2 amide bonds. The van der Waals surface area contributed by atoms with Gasteiger partial charge in [0.05, 0.1) is 13.2 Å². The van der Waals surface area contributed by atoms with E-state index in [1.807, 2.05) is 62.4 Å². The van der Waals surface area contributed by atoms with Crippen molar-refractivity contribution in [3.8, 4) is 35.3 Å². The summed E-state index contributed by atoms with van der Waals surface area (Å²) in [5, 5.41) is 33.8. The number of benzene rings is 4. The normalized spacial score (nSPS) is 10.7. The number of terminal acetylenes is 1. The van der Waals surface area contributed by atoms with Gasteiger partial charge in [0.1, 0.15) is 23.0 Å². The van der Waals surface area contributed by atoms with Gasteiger partial charge in [-0.05, 0) is 94.5 Å². The maximum atomic E-state index is 11.6. The number of aliphatic hydroxyl groups is 1. The first-order chi connectivity index (χ1) is 25.6. The van der Waals surface area contributed by atoms with Crippen molar-refractivity contribution < 1.29 is 34.4 Å². The Kier molecular flexibility index (Phi) is 18.4. The van der Waals surface area contributed by atoms with Crippen molar-refractivity contribution in [1.29, 1.82) is 0 Å². The van der Waals surface area contributed by atoms with Crippen LogP contribution >= 0.6 is 63.7 Å². The maximum Gasteiger partial charge on any atom is 0.258 e. The quantitative estimate of drug-likeness (QED) is 0.0751. The molecule has 0 saturated carbocycles. The van der Waals surface area contributed by atoms with Gasteiger partial charge >= 0.3 is 0 Å². The molecule has 9 nitrogen and oxygen atoms in total. The lowest BCUT2D eigenvalue weighted by Gasteiger charge is -2.14. The minimum Gasteiger partial charge on any atom is -0.508 e. The molecule has 0 spiro atoms. The van der Waals surface area contributed by atoms with Gasteiger partial charge in [-0.15, -0.1) is 6.42 Å². The summed E-state index contributed by atoms with van der Waals surface area (Å²) in [4.78, 5) is 23.2. The summed E-state index contributed by atoms with van der Waals surface area (Å²) >= 11 is 14.3. The van der Waals surface area contributed by atoms with Gasteiger partial charge in [0.25, 0.3) is 11.8 Å². The first-order valence-electron chi connectivity index (χ1n) is 17.1. The van der Waals surface area contributed by atoms with Crippen LogP contribution in [0.15, 0.2) is 78.6 Å². The molecule has 5 N–H and O–H groups in total. The van der Waals surface area contributed by atoms with Crippen molar-refractivity contribution in [3.05, 3.63) is 112 Å². The van der Waals surface area contributed by atoms with E-state index in [0.29, 0.717) is 35.8 Å². The van der Waals surface area contributed by atoms with Gasteiger partial charge in [-0.3, -0.25) is 9.59 Å². The summed E-state index contributed by atoms with van der Waals surface area (Å²) in [5.74, 6) is 4.04. The number of hydrogen-bond acceptors (Lipinski definition) is 7. The lowest BCUT2D eigenvalue weighted by molar-refractivity contribution is -0.123. The summed E-state index contributed by atoms with van der Waals surface area (Å²) in [6, 6.07) is 18.7. The second kappa shape index (κ2) is 22.1. The molecule has 0 fully saturated rings. The number of ether oxygens (including phenoxy) is 2. The Balaban J connectivity index is 0.000000290. The van der Waals surface area contributed by atoms with Crippen LogP contribution in [0, 0.1) is 12.3 Å². The average Bonchev–Trinajstić information content (AvgIpc) is 3.12. The van der Waals surface area contributed by atoms with Crippen LogP contribution < -0.4 is 20.1 Å². The van der Waals surface area contributed by atoms with Gasteiger partial charge in [0, 0.05) is 24.4 Å². The first kappa shape index (κ1) is 44.9. The van der Waals surface area contributed by atoms with E-state index in [1.165, 1.54) is 0 Å². The standard InChI is InChI=1S/C21H21Br2NO3.C20H23Br2NO4/c1-4-7-24-21(26)12-27-15-10-18(22)17(19(23)11-15)9-14-5-6-20(25)16(8-14)13(2)3;1-12(2)15-7-13(3-4-19(15)25)8-16-17(21)9-14(10-18(16)22)27-11-20(26)23-5-6-24/h1,5-6,8,10-11,13,25H,7,9,12H2,2-3H3,(H,24,26);3-4,7,9-10,12,24-25H,5-6,8,11H2,1-2H3,(H,23,26). The highest BCUT2D eigenvalue weighted by Gasteiger charge is 2.15. The summed E-state index contributed by atoms with van der Waals surface area (Å²) < 4.78 is 14.5. The van der Waals surface area contributed by atoms with E-state index < -0.39 is 0 Å². The zero-order valence-electron chi connectivity index (χ0n) is 30.4. The molecule has 0 radical (unpaired) electrons. The molecule has 4 rings (SSSR count). The van der Waals surface area contributed by atoms with Gasteiger partial charge in [-0.2, -0.15) is 0 Å². The fourth-order valence-electron chi connectivity index (χ4n) is 5.17. The van der Waals surface area contributed by atoms with Crippen molar-refractivity contribution in [2.75, 3.05) is 32.9 Å². The number of phenolic OH excluding ortho intramolecular Hbond substituents is 2. The Morgan fingerprint density at radius 2 is 1.07 bits per heavy atom. The monoisotopic (exact) mass is 992 g/mol. The smallest absolute Gasteiger partial charge is 0.258 e. The summed E-state index contributed by atoms with van der Waals surface area (Å²) in [6.07, 6.45) is 6.47. The molecule has 0 aliphatic carbocycles. The lowest BCUT2D eigenvalue weighted by atomic mass is 9.96. The number of halogens is 4. The molecule has 288 valence electrons. The van der Waals surface area contributed by atoms with Gasteiger partial charge in [0.15, 0.2) is 13.2 Å². The van der Waals surface area contributed by atoms with E-state index in [1.54, 1.807) is 12.1 Å². The molecule has 0 aliphatic heterocycles. The zero-order valence-corrected chi connectivity index (χ0v) is 36.8. The van der Waals surface area contributed by atoms with E-state index >= 15 is 0 Å². The number of aliphatic hydroxyl groups excluding tert-OH is 1. The molecule has 0 aliphatic rings. The van der Waals surface area contributed by atoms with E-state index in [-0.39, 0.29) is 56.6 Å². The molecule has 4 aromatic rings. The third-order valence-electron chi connectivity index (χ3n) is 7.98. The number of rotatable bonds is 15. The molecular formula is C41H44Br4N2O7.